The highest BCUT2D eigenvalue weighted by Gasteiger charge is 2.76. The molecule has 3 fully saturated rings. The van der Waals surface area contributed by atoms with Crippen molar-refractivity contribution in [2.45, 2.75) is 82.0 Å². The van der Waals surface area contributed by atoms with Gasteiger partial charge in [-0.1, -0.05) is 76.2 Å². The van der Waals surface area contributed by atoms with Crippen molar-refractivity contribution in [2.24, 2.45) is 23.2 Å². The second-order valence-corrected chi connectivity index (χ2v) is 15.4. The number of nitrogens with zero attached hydrogens (tertiary/aromatic N) is 1. The van der Waals surface area contributed by atoms with Gasteiger partial charge < -0.3 is 20.6 Å². The molecule has 3 unspecified atom stereocenters. The van der Waals surface area contributed by atoms with E-state index < -0.39 is 34.2 Å². The van der Waals surface area contributed by atoms with Crippen molar-refractivity contribution in [1.29, 1.82) is 0 Å². The highest BCUT2D eigenvalue weighted by Crippen LogP contribution is 2.69. The van der Waals surface area contributed by atoms with Crippen LogP contribution in [0.3, 0.4) is 0 Å². The second kappa shape index (κ2) is 10.8. The number of hydrogen-bond acceptors (Lipinski definition) is 5. The van der Waals surface area contributed by atoms with Crippen LogP contribution in [0, 0.1) is 23.2 Å². The fraction of sp³-hybridized carbons (Fsp3) is 0.545. The normalized spacial score (nSPS) is 29.8. The van der Waals surface area contributed by atoms with Crippen LogP contribution in [0.2, 0.25) is 0 Å². The van der Waals surface area contributed by atoms with Gasteiger partial charge in [0.25, 0.3) is 0 Å². The van der Waals surface area contributed by atoms with E-state index in [9.17, 15) is 19.5 Å². The number of carbonyl (C=O) groups is 3. The molecule has 3 aliphatic heterocycles. The number of para-hydroxylation sites is 1. The Bertz CT molecular complexity index is 1290. The Balaban J connectivity index is 1.57. The molecule has 0 aliphatic carbocycles. The molecule has 41 heavy (non-hydrogen) atoms. The van der Waals surface area contributed by atoms with Gasteiger partial charge in [-0.15, -0.1) is 11.8 Å². The van der Waals surface area contributed by atoms with Crippen molar-refractivity contribution < 1.29 is 19.5 Å². The molecule has 0 radical (unpaired) electrons. The van der Waals surface area contributed by atoms with E-state index >= 15 is 0 Å². The first-order valence-electron chi connectivity index (χ1n) is 14.6. The van der Waals surface area contributed by atoms with Crippen molar-refractivity contribution in [3.8, 4) is 0 Å². The summed E-state index contributed by atoms with van der Waals surface area (Å²) >= 11 is 1.65. The molecule has 3 N–H and O–H groups in total. The van der Waals surface area contributed by atoms with E-state index in [1.807, 2.05) is 74.5 Å². The van der Waals surface area contributed by atoms with Crippen LogP contribution in [0.5, 0.6) is 0 Å². The number of anilines is 1. The Morgan fingerprint density at radius 1 is 1.02 bits per heavy atom. The predicted molar refractivity (Wildman–Crippen MR) is 163 cm³/mol. The van der Waals surface area contributed by atoms with Crippen LogP contribution in [-0.2, 0) is 14.4 Å². The Hall–Kier alpha value is -2.84. The van der Waals surface area contributed by atoms with Crippen LogP contribution in [-0.4, -0.2) is 55.9 Å². The summed E-state index contributed by atoms with van der Waals surface area (Å²) in [4.78, 5) is 44.6. The number of thioether (sulfide) groups is 1. The summed E-state index contributed by atoms with van der Waals surface area (Å²) in [6.07, 6.45) is 1.50. The van der Waals surface area contributed by atoms with Crippen LogP contribution in [0.1, 0.15) is 66.0 Å². The van der Waals surface area contributed by atoms with Gasteiger partial charge in [-0.25, -0.2) is 0 Å². The van der Waals surface area contributed by atoms with E-state index in [4.69, 9.17) is 0 Å². The van der Waals surface area contributed by atoms with Crippen LogP contribution >= 0.6 is 11.8 Å². The van der Waals surface area contributed by atoms with Gasteiger partial charge in [-0.2, -0.15) is 0 Å². The zero-order chi connectivity index (χ0) is 29.7. The van der Waals surface area contributed by atoms with Crippen molar-refractivity contribution >= 4 is 35.2 Å². The molecule has 3 amide bonds. The smallest absolute Gasteiger partial charge is 0.244 e. The number of amides is 3. The molecule has 2 aromatic carbocycles. The van der Waals surface area contributed by atoms with E-state index in [0.717, 1.165) is 18.4 Å². The predicted octanol–water partition coefficient (Wildman–Crippen LogP) is 5.03. The second-order valence-electron chi connectivity index (χ2n) is 13.9. The Kier molecular flexibility index (Phi) is 7.79. The summed E-state index contributed by atoms with van der Waals surface area (Å²) < 4.78 is -0.773. The highest BCUT2D eigenvalue weighted by atomic mass is 32.2. The summed E-state index contributed by atoms with van der Waals surface area (Å²) in [6, 6.07) is 17.2. The van der Waals surface area contributed by atoms with Gasteiger partial charge in [0.15, 0.2) is 0 Å². The van der Waals surface area contributed by atoms with Gasteiger partial charge in [0.05, 0.1) is 29.2 Å². The maximum atomic E-state index is 14.6. The average Bonchev–Trinajstić information content (AvgIpc) is 3.48. The number of benzene rings is 2. The first kappa shape index (κ1) is 29.6. The van der Waals surface area contributed by atoms with Gasteiger partial charge in [-0.3, -0.25) is 14.4 Å². The molecule has 2 aromatic rings. The summed E-state index contributed by atoms with van der Waals surface area (Å²) in [5.74, 6) is -1.82. The molecule has 3 heterocycles. The molecule has 7 nitrogen and oxygen atoms in total. The van der Waals surface area contributed by atoms with E-state index in [0.29, 0.717) is 5.69 Å². The molecule has 220 valence electrons. The lowest BCUT2D eigenvalue weighted by molar-refractivity contribution is -0.142. The number of fused-ring (bicyclic) bond motifs is 1. The number of hydrogen-bond donors (Lipinski definition) is 3. The Labute approximate surface area is 247 Å². The summed E-state index contributed by atoms with van der Waals surface area (Å²) in [6.45, 7) is 12.3. The summed E-state index contributed by atoms with van der Waals surface area (Å²) in [5.41, 5.74) is 0.915. The molecule has 0 aromatic heterocycles. The zero-order valence-electron chi connectivity index (χ0n) is 24.9. The third-order valence-corrected chi connectivity index (χ3v) is 11.0. The standard InChI is InChI=1S/C33H43N3O4S/c1-20-17-24-25(28(38)34-22-15-11-8-12-16-22)26-30(40)36(23(18-37)21-13-9-7-10-14-21)27(33(20,26)41-24)29(39)35-32(5,6)19-31(2,3)4/h7-16,20,23-27,37H,17-19H2,1-6H3,(H,34,38)(H,35,39)/t20?,23-,24+,25-,26+,27?,33?/m1/s1. The van der Waals surface area contributed by atoms with Crippen LogP contribution in [0.4, 0.5) is 5.69 Å². The SMILES string of the molecule is CC1C[C@@H]2SC13C(C(=O)NC(C)(C)CC(C)(C)C)N([C@H](CO)c1ccccc1)C(=O)[C@@H]3[C@@H]2C(=O)Nc1ccccc1. The van der Waals surface area contributed by atoms with E-state index in [2.05, 4.69) is 38.3 Å². The van der Waals surface area contributed by atoms with Crippen LogP contribution in [0.25, 0.3) is 0 Å². The van der Waals surface area contributed by atoms with Gasteiger partial charge in [0.2, 0.25) is 17.7 Å². The first-order chi connectivity index (χ1) is 19.3. The molecule has 2 bridgehead atoms. The lowest BCUT2D eigenvalue weighted by Crippen LogP contribution is -2.60. The van der Waals surface area contributed by atoms with Gasteiger partial charge in [0, 0.05) is 16.5 Å². The molecular weight excluding hydrogens is 534 g/mol. The van der Waals surface area contributed by atoms with E-state index in [1.54, 1.807) is 16.7 Å². The van der Waals surface area contributed by atoms with Crippen molar-refractivity contribution in [3.63, 3.8) is 0 Å². The molecule has 3 saturated heterocycles. The van der Waals surface area contributed by atoms with Crippen molar-refractivity contribution in [3.05, 3.63) is 66.2 Å². The number of aliphatic hydroxyl groups excluding tert-OH is 1. The largest absolute Gasteiger partial charge is 0.394 e. The maximum Gasteiger partial charge on any atom is 0.244 e. The molecular formula is C33H43N3O4S. The third-order valence-electron chi connectivity index (χ3n) is 8.90. The number of rotatable bonds is 8. The fourth-order valence-corrected chi connectivity index (χ4v) is 10.4. The van der Waals surface area contributed by atoms with E-state index in [1.165, 1.54) is 0 Å². The minimum atomic E-state index is -0.823. The Morgan fingerprint density at radius 3 is 2.22 bits per heavy atom. The molecule has 0 saturated carbocycles. The van der Waals surface area contributed by atoms with Crippen molar-refractivity contribution in [2.75, 3.05) is 11.9 Å². The van der Waals surface area contributed by atoms with E-state index in [-0.39, 0.29) is 40.9 Å². The lowest BCUT2D eigenvalue weighted by atomic mass is 9.65. The lowest BCUT2D eigenvalue weighted by Gasteiger charge is -2.42. The molecule has 8 heteroatoms. The first-order valence-corrected chi connectivity index (χ1v) is 15.5. The van der Waals surface area contributed by atoms with Gasteiger partial charge in [0.1, 0.15) is 6.04 Å². The van der Waals surface area contributed by atoms with Crippen molar-refractivity contribution in [1.82, 2.24) is 10.2 Å². The molecule has 5 rings (SSSR count). The molecule has 1 spiro atoms. The topological polar surface area (TPSA) is 98.7 Å². The molecule has 3 aliphatic rings. The van der Waals surface area contributed by atoms with Crippen LogP contribution in [0.15, 0.2) is 60.7 Å². The minimum absolute atomic E-state index is 0.0189. The van der Waals surface area contributed by atoms with Crippen LogP contribution < -0.4 is 10.6 Å². The average molecular weight is 578 g/mol. The molecule has 7 atom stereocenters. The Morgan fingerprint density at radius 2 is 1.63 bits per heavy atom. The number of nitrogens with one attached hydrogen (secondary N) is 2. The zero-order valence-corrected chi connectivity index (χ0v) is 25.7. The van der Waals surface area contributed by atoms with Gasteiger partial charge in [-0.05, 0) is 55.7 Å². The summed E-state index contributed by atoms with van der Waals surface area (Å²) in [7, 11) is 0. The fourth-order valence-electron chi connectivity index (χ4n) is 7.94. The third kappa shape index (κ3) is 5.29. The number of aliphatic hydroxyl groups is 1. The highest BCUT2D eigenvalue weighted by molar-refractivity contribution is 8.02. The monoisotopic (exact) mass is 577 g/mol. The quantitative estimate of drug-likeness (QED) is 0.409. The number of likely N-dealkylation sites (tertiary alicyclic amines) is 1. The minimum Gasteiger partial charge on any atom is -0.394 e. The number of carbonyl (C=O) groups excluding carboxylic acids is 3. The van der Waals surface area contributed by atoms with Gasteiger partial charge >= 0.3 is 0 Å². The summed E-state index contributed by atoms with van der Waals surface area (Å²) in [5, 5.41) is 17.0. The maximum absolute atomic E-state index is 14.6.